The van der Waals surface area contributed by atoms with Gasteiger partial charge in [0.1, 0.15) is 5.75 Å². The maximum absolute atomic E-state index is 10.8. The molecule has 0 radical (unpaired) electrons. The Labute approximate surface area is 101 Å². The van der Waals surface area contributed by atoms with Crippen LogP contribution in [-0.2, 0) is 0 Å². The van der Waals surface area contributed by atoms with E-state index < -0.39 is 0 Å². The maximum Gasteiger partial charge on any atom is 0.153 e. The van der Waals surface area contributed by atoms with Crippen LogP contribution in [0.15, 0.2) is 18.2 Å². The Hall–Kier alpha value is -0.960. The Morgan fingerprint density at radius 3 is 2.94 bits per heavy atom. The van der Waals surface area contributed by atoms with Gasteiger partial charge in [0.25, 0.3) is 0 Å². The maximum atomic E-state index is 10.8. The molecule has 0 aromatic heterocycles. The van der Waals surface area contributed by atoms with Gasteiger partial charge in [0, 0.05) is 0 Å². The van der Waals surface area contributed by atoms with Crippen molar-refractivity contribution in [3.63, 3.8) is 0 Å². The van der Waals surface area contributed by atoms with Crippen LogP contribution in [0.5, 0.6) is 5.75 Å². The van der Waals surface area contributed by atoms with Crippen LogP contribution in [0.1, 0.15) is 29.3 Å². The summed E-state index contributed by atoms with van der Waals surface area (Å²) in [6, 6.07) is 5.62. The second-order valence-corrected chi connectivity index (χ2v) is 4.90. The van der Waals surface area contributed by atoms with Gasteiger partial charge < -0.3 is 4.74 Å². The normalized spacial score (nSPS) is 10.1. The lowest BCUT2D eigenvalue weighted by Gasteiger charge is -2.10. The van der Waals surface area contributed by atoms with Crippen LogP contribution < -0.4 is 4.74 Å². The van der Waals surface area contributed by atoms with Crippen molar-refractivity contribution >= 4 is 18.0 Å². The molecule has 0 spiro atoms. The third-order valence-corrected chi connectivity index (χ3v) is 3.24. The van der Waals surface area contributed by atoms with E-state index in [-0.39, 0.29) is 0 Å². The van der Waals surface area contributed by atoms with E-state index in [1.165, 1.54) is 0 Å². The van der Waals surface area contributed by atoms with Crippen LogP contribution in [0.4, 0.5) is 0 Å². The summed E-state index contributed by atoms with van der Waals surface area (Å²) in [4.78, 5) is 10.8. The van der Waals surface area contributed by atoms with Crippen LogP contribution in [0.2, 0.25) is 0 Å². The first kappa shape index (κ1) is 13.1. The molecule has 0 aliphatic rings. The molecular formula is C13H18O2S. The number of carbonyl (C=O) groups excluding carboxylic acids is 1. The average Bonchev–Trinajstić information content (AvgIpc) is 2.30. The second kappa shape index (κ2) is 7.34. The van der Waals surface area contributed by atoms with Crippen LogP contribution in [0.25, 0.3) is 0 Å². The summed E-state index contributed by atoms with van der Waals surface area (Å²) in [5.41, 5.74) is 1.66. The number of aldehydes is 1. The first-order chi connectivity index (χ1) is 7.79. The molecule has 0 N–H and O–H groups in total. The lowest BCUT2D eigenvalue weighted by molar-refractivity contribution is 0.111. The highest BCUT2D eigenvalue weighted by atomic mass is 32.2. The molecule has 3 heteroatoms. The van der Waals surface area contributed by atoms with E-state index in [9.17, 15) is 4.79 Å². The quantitative estimate of drug-likeness (QED) is 0.538. The van der Waals surface area contributed by atoms with Gasteiger partial charge in [-0.2, -0.15) is 11.8 Å². The summed E-state index contributed by atoms with van der Waals surface area (Å²) in [5.74, 6) is 2.99. The summed E-state index contributed by atoms with van der Waals surface area (Å²) in [6.45, 7) is 4.79. The standard InChI is InChI=1S/C13H18O2S/c1-3-16-9-5-8-15-13-11(2)6-4-7-12(13)10-14/h4,6-7,10H,3,5,8-9H2,1-2H3. The Kier molecular flexibility index (Phi) is 6.01. The molecule has 0 saturated heterocycles. The van der Waals surface area contributed by atoms with Crippen molar-refractivity contribution in [3.8, 4) is 5.75 Å². The molecule has 0 saturated carbocycles. The number of para-hydroxylation sites is 1. The summed E-state index contributed by atoms with van der Waals surface area (Å²) in [6.07, 6.45) is 1.87. The van der Waals surface area contributed by atoms with E-state index in [0.717, 1.165) is 35.5 Å². The lowest BCUT2D eigenvalue weighted by atomic mass is 10.1. The van der Waals surface area contributed by atoms with Crippen LogP contribution in [0.3, 0.4) is 0 Å². The number of carbonyl (C=O) groups is 1. The van der Waals surface area contributed by atoms with Crippen molar-refractivity contribution in [2.45, 2.75) is 20.3 Å². The van der Waals surface area contributed by atoms with Gasteiger partial charge in [-0.1, -0.05) is 19.1 Å². The molecule has 88 valence electrons. The van der Waals surface area contributed by atoms with E-state index in [4.69, 9.17) is 4.74 Å². The molecule has 0 atom stereocenters. The smallest absolute Gasteiger partial charge is 0.153 e. The van der Waals surface area contributed by atoms with Gasteiger partial charge in [0.2, 0.25) is 0 Å². The zero-order valence-electron chi connectivity index (χ0n) is 9.86. The van der Waals surface area contributed by atoms with Gasteiger partial charge in [-0.15, -0.1) is 0 Å². The third kappa shape index (κ3) is 3.89. The summed E-state index contributed by atoms with van der Waals surface area (Å²) in [5, 5.41) is 0. The number of aryl methyl sites for hydroxylation is 1. The van der Waals surface area contributed by atoms with Crippen LogP contribution in [-0.4, -0.2) is 24.4 Å². The summed E-state index contributed by atoms with van der Waals surface area (Å²) >= 11 is 1.91. The van der Waals surface area contributed by atoms with Crippen molar-refractivity contribution in [1.29, 1.82) is 0 Å². The number of rotatable bonds is 7. The molecular weight excluding hydrogens is 220 g/mol. The topological polar surface area (TPSA) is 26.3 Å². The molecule has 1 rings (SSSR count). The highest BCUT2D eigenvalue weighted by molar-refractivity contribution is 7.99. The van der Waals surface area contributed by atoms with Crippen molar-refractivity contribution in [2.24, 2.45) is 0 Å². The van der Waals surface area contributed by atoms with Gasteiger partial charge in [-0.3, -0.25) is 4.79 Å². The highest BCUT2D eigenvalue weighted by Crippen LogP contribution is 2.22. The van der Waals surface area contributed by atoms with E-state index in [1.54, 1.807) is 6.07 Å². The number of hydrogen-bond donors (Lipinski definition) is 0. The molecule has 1 aromatic carbocycles. The first-order valence-corrected chi connectivity index (χ1v) is 6.70. The fourth-order valence-electron chi connectivity index (χ4n) is 1.44. The molecule has 0 unspecified atom stereocenters. The van der Waals surface area contributed by atoms with Crippen LogP contribution in [0, 0.1) is 6.92 Å². The molecule has 0 heterocycles. The van der Waals surface area contributed by atoms with Crippen molar-refractivity contribution in [2.75, 3.05) is 18.1 Å². The number of hydrogen-bond acceptors (Lipinski definition) is 3. The van der Waals surface area contributed by atoms with Crippen LogP contribution >= 0.6 is 11.8 Å². The largest absolute Gasteiger partial charge is 0.493 e. The minimum Gasteiger partial charge on any atom is -0.493 e. The lowest BCUT2D eigenvalue weighted by Crippen LogP contribution is -2.02. The van der Waals surface area contributed by atoms with E-state index in [0.29, 0.717) is 12.2 Å². The van der Waals surface area contributed by atoms with Gasteiger partial charge >= 0.3 is 0 Å². The predicted molar refractivity (Wildman–Crippen MR) is 69.7 cm³/mol. The zero-order valence-corrected chi connectivity index (χ0v) is 10.7. The Morgan fingerprint density at radius 2 is 2.25 bits per heavy atom. The van der Waals surface area contributed by atoms with E-state index >= 15 is 0 Å². The number of benzene rings is 1. The molecule has 0 amide bonds. The minimum atomic E-state index is 0.642. The Balaban J connectivity index is 2.49. The minimum absolute atomic E-state index is 0.642. The SMILES string of the molecule is CCSCCCOc1c(C)cccc1C=O. The van der Waals surface area contributed by atoms with E-state index in [1.807, 2.05) is 30.8 Å². The fourth-order valence-corrected chi connectivity index (χ4v) is 2.06. The Bertz CT molecular complexity index is 337. The zero-order chi connectivity index (χ0) is 11.8. The average molecular weight is 238 g/mol. The number of ether oxygens (including phenoxy) is 1. The molecule has 0 aliphatic carbocycles. The Morgan fingerprint density at radius 1 is 1.44 bits per heavy atom. The predicted octanol–water partition coefficient (Wildman–Crippen LogP) is 3.33. The fraction of sp³-hybridized carbons (Fsp3) is 0.462. The van der Waals surface area contributed by atoms with Gasteiger partial charge in [-0.25, -0.2) is 0 Å². The summed E-state index contributed by atoms with van der Waals surface area (Å²) < 4.78 is 5.66. The number of thioether (sulfide) groups is 1. The first-order valence-electron chi connectivity index (χ1n) is 5.55. The van der Waals surface area contributed by atoms with Gasteiger partial charge in [0.15, 0.2) is 6.29 Å². The summed E-state index contributed by atoms with van der Waals surface area (Å²) in [7, 11) is 0. The molecule has 0 aliphatic heterocycles. The molecule has 0 bridgehead atoms. The van der Waals surface area contributed by atoms with Gasteiger partial charge in [0.05, 0.1) is 12.2 Å². The molecule has 1 aromatic rings. The second-order valence-electron chi connectivity index (χ2n) is 3.51. The van der Waals surface area contributed by atoms with E-state index in [2.05, 4.69) is 6.92 Å². The molecule has 0 fully saturated rings. The third-order valence-electron chi connectivity index (χ3n) is 2.25. The highest BCUT2D eigenvalue weighted by Gasteiger charge is 2.05. The molecule has 16 heavy (non-hydrogen) atoms. The van der Waals surface area contributed by atoms with Crippen molar-refractivity contribution < 1.29 is 9.53 Å². The van der Waals surface area contributed by atoms with Gasteiger partial charge in [-0.05, 0) is 36.5 Å². The molecule has 2 nitrogen and oxygen atoms in total. The van der Waals surface area contributed by atoms with Crippen molar-refractivity contribution in [1.82, 2.24) is 0 Å². The monoisotopic (exact) mass is 238 g/mol. The van der Waals surface area contributed by atoms with Crippen molar-refractivity contribution in [3.05, 3.63) is 29.3 Å².